The zero-order valence-electron chi connectivity index (χ0n) is 73.6. The van der Waals surface area contributed by atoms with Crippen molar-refractivity contribution >= 4 is 55.7 Å². The number of para-hydroxylation sites is 2. The Bertz CT molecular complexity index is 7720. The molecule has 0 radical (unpaired) electrons. The number of rotatable bonds is 14. The summed E-state index contributed by atoms with van der Waals surface area (Å²) in [5, 5.41) is 4.99. The van der Waals surface area contributed by atoms with Gasteiger partial charge in [0.25, 0.3) is 0 Å². The van der Waals surface area contributed by atoms with E-state index in [1.54, 1.807) is 0 Å². The van der Waals surface area contributed by atoms with E-state index < -0.39 is 5.41 Å². The lowest BCUT2D eigenvalue weighted by Gasteiger charge is -2.34. The summed E-state index contributed by atoms with van der Waals surface area (Å²) in [6.45, 7) is 13.9. The van der Waals surface area contributed by atoms with Crippen molar-refractivity contribution < 1.29 is 9.47 Å². The van der Waals surface area contributed by atoms with E-state index in [0.717, 1.165) is 68.2 Å². The SMILES string of the molecule is CC1(C)c2ccccc2Oc2ccc(-c3ccc(N(c4ccc(-c5ccc6c(c5)C(C)(C)c5ccccc5-6)cc4)c4ccc(-c5ccc6ccccc6c5)cc4)cc3)cc21.CC1(C)c2ccccc2Oc2ccc(-c3ccc(N(c4ccc(-c5ccc6c(c5)C(c5ccccc5)(c5ccccc5)c5ccccc5-6)cc4)c4ccc(-c5ccc6ccccc6c5)cc4)cc3)cc21. The molecule has 4 aliphatic rings. The van der Waals surface area contributed by atoms with Gasteiger partial charge >= 0.3 is 0 Å². The van der Waals surface area contributed by atoms with Gasteiger partial charge in [0.05, 0.1) is 5.41 Å². The molecule has 0 saturated heterocycles. The van der Waals surface area contributed by atoms with Crippen LogP contribution in [0.4, 0.5) is 34.1 Å². The van der Waals surface area contributed by atoms with Crippen molar-refractivity contribution in [3.05, 3.63) is 517 Å². The van der Waals surface area contributed by atoms with Gasteiger partial charge in [-0.25, -0.2) is 0 Å². The Balaban J connectivity index is 0.000000150. The topological polar surface area (TPSA) is 24.9 Å². The predicted octanol–water partition coefficient (Wildman–Crippen LogP) is 34.2. The third-order valence-electron chi connectivity index (χ3n) is 28.2. The molecule has 4 nitrogen and oxygen atoms in total. The normalized spacial score (nSPS) is 13.8. The van der Waals surface area contributed by atoms with Crippen LogP contribution in [0.1, 0.15) is 97.2 Å². The second kappa shape index (κ2) is 31.6. The summed E-state index contributed by atoms with van der Waals surface area (Å²) >= 11 is 0. The monoisotopic (exact) mass is 1670 g/mol. The van der Waals surface area contributed by atoms with Gasteiger partial charge in [-0.2, -0.15) is 0 Å². The standard InChI is InChI=1S/C68H49NO.C58H45NO/c1-67(2)62-23-13-14-24-65(62)70-66-42-34-53(45-64(66)67)49-31-39-58(40-32-49)69(56-35-27-47(28-36-56)51-26-25-46-15-9-10-16-50(46)43-51)57-37-29-48(30-38-57)52-33-41-60-59-21-11-12-22-61(59)68(63(60)44-52,54-17-5-3-6-18-54)55-19-7-4-8-20-55;1-57(2)51-14-8-7-13-49(51)50-33-25-44(36-53(50)57)40-21-29-47(30-22-40)59(46-27-19-39(20-28-46)43-18-17-38-11-5-6-12-42(38)35-43)48-31-23-41(24-32-48)45-26-34-56-54(37-45)58(3,4)52-15-9-10-16-55(52)60-56/h3-45H,1-2H3;5-37H,1-4H3. The highest BCUT2D eigenvalue weighted by Crippen LogP contribution is 2.59. The molecule has 2 heterocycles. The number of nitrogens with zero attached hydrogens (tertiary/aromatic N) is 2. The highest BCUT2D eigenvalue weighted by atomic mass is 16.5. The van der Waals surface area contributed by atoms with E-state index in [2.05, 4.69) is 500 Å². The lowest BCUT2D eigenvalue weighted by atomic mass is 9.67. The Morgan fingerprint density at radius 3 is 0.792 bits per heavy atom. The molecule has 130 heavy (non-hydrogen) atoms. The fourth-order valence-corrected chi connectivity index (χ4v) is 21.2. The molecule has 0 amide bonds. The molecular weight excluding hydrogens is 1570 g/mol. The Morgan fingerprint density at radius 1 is 0.162 bits per heavy atom. The lowest BCUT2D eigenvalue weighted by Crippen LogP contribution is -2.28. The highest BCUT2D eigenvalue weighted by molar-refractivity contribution is 5.94. The van der Waals surface area contributed by atoms with Gasteiger partial charge in [0.1, 0.15) is 23.0 Å². The predicted molar refractivity (Wildman–Crippen MR) is 542 cm³/mol. The minimum Gasteiger partial charge on any atom is -0.457 e. The third kappa shape index (κ3) is 13.5. The number of fused-ring (bicyclic) bond motifs is 12. The van der Waals surface area contributed by atoms with Gasteiger partial charge in [-0.05, 0) is 277 Å². The van der Waals surface area contributed by atoms with Crippen molar-refractivity contribution in [2.24, 2.45) is 0 Å². The molecule has 4 heteroatoms. The number of hydrogen-bond acceptors (Lipinski definition) is 4. The van der Waals surface area contributed by atoms with Crippen LogP contribution >= 0.6 is 0 Å². The first-order valence-corrected chi connectivity index (χ1v) is 45.3. The van der Waals surface area contributed by atoms with Crippen molar-refractivity contribution in [1.82, 2.24) is 0 Å². The van der Waals surface area contributed by atoms with Crippen molar-refractivity contribution in [2.75, 3.05) is 9.80 Å². The van der Waals surface area contributed by atoms with Crippen LogP contribution < -0.4 is 19.3 Å². The molecule has 0 unspecified atom stereocenters. The summed E-state index contributed by atoms with van der Waals surface area (Å²) in [5.74, 6) is 3.71. The summed E-state index contributed by atoms with van der Waals surface area (Å²) in [6.07, 6.45) is 0. The fourth-order valence-electron chi connectivity index (χ4n) is 21.2. The maximum absolute atomic E-state index is 6.42. The van der Waals surface area contributed by atoms with E-state index in [1.165, 1.54) is 155 Å². The summed E-state index contributed by atoms with van der Waals surface area (Å²) in [4.78, 5) is 4.73. The van der Waals surface area contributed by atoms with E-state index in [1.807, 2.05) is 12.1 Å². The minimum absolute atomic E-state index is 0.0433. The zero-order chi connectivity index (χ0) is 87.4. The van der Waals surface area contributed by atoms with E-state index >= 15 is 0 Å². The zero-order valence-corrected chi connectivity index (χ0v) is 73.6. The molecule has 0 aromatic heterocycles. The second-order valence-electron chi connectivity index (χ2n) is 36.7. The molecule has 20 aromatic carbocycles. The maximum atomic E-state index is 6.42. The smallest absolute Gasteiger partial charge is 0.131 e. The number of benzene rings is 20. The summed E-state index contributed by atoms with van der Waals surface area (Å²) in [5.41, 5.74) is 37.9. The molecule has 24 rings (SSSR count). The molecule has 0 N–H and O–H groups in total. The number of hydrogen-bond donors (Lipinski definition) is 0. The van der Waals surface area contributed by atoms with E-state index in [9.17, 15) is 0 Å². The van der Waals surface area contributed by atoms with Gasteiger partial charge in [-0.1, -0.05) is 369 Å². The molecule has 20 aromatic rings. The van der Waals surface area contributed by atoms with Crippen LogP contribution in [0.25, 0.3) is 111 Å². The third-order valence-corrected chi connectivity index (χ3v) is 28.2. The van der Waals surface area contributed by atoms with Gasteiger partial charge < -0.3 is 19.3 Å². The fraction of sp³-hybridized carbons (Fsp3) is 0.0794. The van der Waals surface area contributed by atoms with Crippen LogP contribution in [0.5, 0.6) is 23.0 Å². The lowest BCUT2D eigenvalue weighted by molar-refractivity contribution is 0.418. The molecule has 0 saturated carbocycles. The first kappa shape index (κ1) is 78.8. The molecule has 0 bridgehead atoms. The van der Waals surface area contributed by atoms with Crippen LogP contribution in [-0.4, -0.2) is 0 Å². The Kier molecular flexibility index (Phi) is 19.2. The van der Waals surface area contributed by atoms with Crippen molar-refractivity contribution in [2.45, 2.75) is 63.2 Å². The largest absolute Gasteiger partial charge is 0.457 e. The van der Waals surface area contributed by atoms with E-state index in [0.29, 0.717) is 0 Å². The van der Waals surface area contributed by atoms with Gasteiger partial charge in [-0.15, -0.1) is 0 Å². The van der Waals surface area contributed by atoms with Gasteiger partial charge in [0.2, 0.25) is 0 Å². The van der Waals surface area contributed by atoms with Crippen LogP contribution in [0, 0.1) is 0 Å². The van der Waals surface area contributed by atoms with Crippen molar-refractivity contribution in [1.29, 1.82) is 0 Å². The highest BCUT2D eigenvalue weighted by Gasteiger charge is 2.47. The summed E-state index contributed by atoms with van der Waals surface area (Å²) in [7, 11) is 0. The Hall–Kier alpha value is -15.9. The summed E-state index contributed by atoms with van der Waals surface area (Å²) in [6, 6.07) is 169. The average molecular weight is 1670 g/mol. The Morgan fingerprint density at radius 2 is 0.408 bits per heavy atom. The molecular formula is C126H94N2O2. The first-order valence-electron chi connectivity index (χ1n) is 45.3. The van der Waals surface area contributed by atoms with Crippen molar-refractivity contribution in [3.8, 4) is 112 Å². The average Bonchev–Trinajstić information content (AvgIpc) is 1.53. The second-order valence-corrected chi connectivity index (χ2v) is 36.7. The Labute approximate surface area is 761 Å². The first-order chi connectivity index (χ1) is 63.6. The van der Waals surface area contributed by atoms with E-state index in [4.69, 9.17) is 9.47 Å². The minimum atomic E-state index is -0.457. The molecule has 2 aliphatic heterocycles. The van der Waals surface area contributed by atoms with Crippen LogP contribution in [0.3, 0.4) is 0 Å². The summed E-state index contributed by atoms with van der Waals surface area (Å²) < 4.78 is 12.8. The number of ether oxygens (including phenoxy) is 2. The van der Waals surface area contributed by atoms with Crippen LogP contribution in [-0.2, 0) is 21.7 Å². The number of anilines is 6. The van der Waals surface area contributed by atoms with Gasteiger partial charge in [0.15, 0.2) is 0 Å². The van der Waals surface area contributed by atoms with Gasteiger partial charge in [-0.3, -0.25) is 0 Å². The van der Waals surface area contributed by atoms with Crippen LogP contribution in [0.15, 0.2) is 461 Å². The van der Waals surface area contributed by atoms with Crippen LogP contribution in [0.2, 0.25) is 0 Å². The van der Waals surface area contributed by atoms with Gasteiger partial charge in [0, 0.05) is 72.6 Å². The maximum Gasteiger partial charge on any atom is 0.131 e. The molecule has 620 valence electrons. The molecule has 0 atom stereocenters. The van der Waals surface area contributed by atoms with Crippen molar-refractivity contribution in [3.63, 3.8) is 0 Å². The molecule has 0 fully saturated rings. The molecule has 2 aliphatic carbocycles. The van der Waals surface area contributed by atoms with E-state index in [-0.39, 0.29) is 16.2 Å². The quantitative estimate of drug-likeness (QED) is 0.108. The molecule has 0 spiro atoms.